The number of ether oxygens (including phenoxy) is 1. The number of nitrogens with zero attached hydrogens (tertiary/aromatic N) is 5. The van der Waals surface area contributed by atoms with Crippen LogP contribution in [-0.4, -0.2) is 50.0 Å². The Hall–Kier alpha value is -3.44. The van der Waals surface area contributed by atoms with Crippen LogP contribution in [0.3, 0.4) is 0 Å². The van der Waals surface area contributed by atoms with E-state index in [4.69, 9.17) is 4.74 Å². The number of hydrogen-bond donors (Lipinski definition) is 2. The van der Waals surface area contributed by atoms with E-state index in [1.54, 1.807) is 36.5 Å². The molecule has 4 aromatic rings. The average Bonchev–Trinajstić information content (AvgIpc) is 3.54. The lowest BCUT2D eigenvalue weighted by Crippen LogP contribution is -2.20. The molecule has 1 aliphatic rings. The molecule has 2 atom stereocenters. The van der Waals surface area contributed by atoms with Gasteiger partial charge in [0.15, 0.2) is 5.65 Å². The number of rotatable bonds is 7. The predicted molar refractivity (Wildman–Crippen MR) is 132 cm³/mol. The van der Waals surface area contributed by atoms with Gasteiger partial charge in [-0.3, -0.25) is 4.68 Å². The Balaban J connectivity index is 1.56. The van der Waals surface area contributed by atoms with Gasteiger partial charge in [0, 0.05) is 6.20 Å². The molecule has 184 valence electrons. The van der Waals surface area contributed by atoms with Crippen molar-refractivity contribution < 1.29 is 18.3 Å². The number of nitrogens with one attached hydrogen (secondary N) is 1. The Morgan fingerprint density at radius 3 is 2.60 bits per heavy atom. The number of aryl methyl sites for hydroxylation is 1. The average molecular weight is 497 g/mol. The van der Waals surface area contributed by atoms with E-state index in [0.29, 0.717) is 17.7 Å². The van der Waals surface area contributed by atoms with Crippen LogP contribution < -0.4 is 10.1 Å². The van der Waals surface area contributed by atoms with Crippen LogP contribution in [0.2, 0.25) is 0 Å². The number of fused-ring (bicyclic) bond motifs is 1. The maximum atomic E-state index is 13.4. The number of anilines is 2. The molecule has 0 saturated heterocycles. The third kappa shape index (κ3) is 4.14. The molecule has 1 aliphatic carbocycles. The Kier molecular flexibility index (Phi) is 5.97. The van der Waals surface area contributed by atoms with Crippen molar-refractivity contribution >= 4 is 32.7 Å². The van der Waals surface area contributed by atoms with Gasteiger partial charge in [-0.15, -0.1) is 0 Å². The van der Waals surface area contributed by atoms with Crippen LogP contribution in [0.1, 0.15) is 43.5 Å². The normalized spacial score (nSPS) is 18.3. The van der Waals surface area contributed by atoms with Crippen LogP contribution in [0.5, 0.6) is 5.88 Å². The molecule has 1 aromatic carbocycles. The van der Waals surface area contributed by atoms with E-state index < -0.39 is 16.1 Å². The minimum Gasteiger partial charge on any atom is -0.477 e. The fourth-order valence-corrected chi connectivity index (χ4v) is 5.79. The number of benzene rings is 1. The second kappa shape index (κ2) is 8.97. The topological polar surface area (TPSA) is 124 Å². The molecule has 1 fully saturated rings. The minimum absolute atomic E-state index is 0.0650. The monoisotopic (exact) mass is 496 g/mol. The summed E-state index contributed by atoms with van der Waals surface area (Å²) in [5.41, 5.74) is 2.68. The molecule has 0 aliphatic heterocycles. The Bertz CT molecular complexity index is 1480. The second-order valence-electron chi connectivity index (χ2n) is 8.73. The Morgan fingerprint density at radius 2 is 1.91 bits per heavy atom. The molecule has 5 rings (SSSR count). The zero-order chi connectivity index (χ0) is 24.7. The van der Waals surface area contributed by atoms with Gasteiger partial charge >= 0.3 is 0 Å². The van der Waals surface area contributed by atoms with Crippen molar-refractivity contribution in [3.63, 3.8) is 0 Å². The first-order valence-corrected chi connectivity index (χ1v) is 13.1. The maximum absolute atomic E-state index is 13.4. The van der Waals surface area contributed by atoms with E-state index in [1.165, 1.54) is 6.20 Å². The molecule has 35 heavy (non-hydrogen) atoms. The third-order valence-electron chi connectivity index (χ3n) is 6.38. The van der Waals surface area contributed by atoms with Gasteiger partial charge in [-0.2, -0.15) is 15.1 Å². The highest BCUT2D eigenvalue weighted by molar-refractivity contribution is 7.90. The fourth-order valence-electron chi connectivity index (χ4n) is 4.49. The summed E-state index contributed by atoms with van der Waals surface area (Å²) >= 11 is 0. The summed E-state index contributed by atoms with van der Waals surface area (Å²) in [6.07, 6.45) is 5.29. The molecule has 2 unspecified atom stereocenters. The highest BCUT2D eigenvalue weighted by Crippen LogP contribution is 2.33. The van der Waals surface area contributed by atoms with E-state index in [0.717, 1.165) is 34.5 Å². The molecule has 10 nitrogen and oxygen atoms in total. The third-order valence-corrected chi connectivity index (χ3v) is 8.06. The summed E-state index contributed by atoms with van der Waals surface area (Å²) in [4.78, 5) is 9.20. The molecule has 11 heteroatoms. The number of aliphatic hydroxyl groups is 1. The van der Waals surface area contributed by atoms with E-state index in [1.807, 2.05) is 25.5 Å². The highest BCUT2D eigenvalue weighted by atomic mass is 32.2. The second-order valence-corrected chi connectivity index (χ2v) is 10.5. The highest BCUT2D eigenvalue weighted by Gasteiger charge is 2.29. The summed E-state index contributed by atoms with van der Waals surface area (Å²) in [6.45, 7) is 6.01. The van der Waals surface area contributed by atoms with Crippen molar-refractivity contribution in [2.24, 2.45) is 0 Å². The van der Waals surface area contributed by atoms with Crippen molar-refractivity contribution in [3.8, 4) is 5.88 Å². The first-order chi connectivity index (χ1) is 16.8. The van der Waals surface area contributed by atoms with E-state index in [9.17, 15) is 13.5 Å². The van der Waals surface area contributed by atoms with Gasteiger partial charge in [0.1, 0.15) is 0 Å². The van der Waals surface area contributed by atoms with E-state index in [-0.39, 0.29) is 28.4 Å². The van der Waals surface area contributed by atoms with Crippen molar-refractivity contribution in [1.82, 2.24) is 23.7 Å². The summed E-state index contributed by atoms with van der Waals surface area (Å²) in [6, 6.07) is 8.25. The molecule has 3 aromatic heterocycles. The van der Waals surface area contributed by atoms with Crippen LogP contribution in [0.4, 0.5) is 11.6 Å². The molecule has 0 amide bonds. The minimum atomic E-state index is -3.88. The molecule has 0 radical (unpaired) electrons. The van der Waals surface area contributed by atoms with Crippen molar-refractivity contribution in [3.05, 3.63) is 54.0 Å². The Labute approximate surface area is 203 Å². The maximum Gasteiger partial charge on any atom is 0.269 e. The zero-order valence-corrected chi connectivity index (χ0v) is 20.7. The number of aliphatic hydroxyl groups excluding tert-OH is 1. The van der Waals surface area contributed by atoms with Crippen LogP contribution in [0.25, 0.3) is 11.0 Å². The standard InChI is InChI=1S/C24H28N6O4S/c1-4-34-23-18-12-13-29(35(32,33)17-10-8-15(2)9-11-17)22(18)27-24(28-23)26-19-14-25-30(16(19)3)20-6-5-7-21(20)31/h8-14,20-21,31H,4-7H2,1-3H3,(H,26,27,28). The molecular weight excluding hydrogens is 468 g/mol. The van der Waals surface area contributed by atoms with Crippen LogP contribution in [0, 0.1) is 13.8 Å². The number of hydrogen-bond acceptors (Lipinski definition) is 8. The molecule has 3 heterocycles. The van der Waals surface area contributed by atoms with Crippen LogP contribution in [0.15, 0.2) is 47.6 Å². The van der Waals surface area contributed by atoms with Gasteiger partial charge in [0.05, 0.1) is 46.6 Å². The molecule has 2 N–H and O–H groups in total. The van der Waals surface area contributed by atoms with Gasteiger partial charge < -0.3 is 15.2 Å². The molecule has 1 saturated carbocycles. The summed E-state index contributed by atoms with van der Waals surface area (Å²) in [7, 11) is -3.88. The van der Waals surface area contributed by atoms with Gasteiger partial charge in [-0.1, -0.05) is 17.7 Å². The SMILES string of the molecule is CCOc1nc(Nc2cnn(C3CCCC3O)c2C)nc2c1ccn2S(=O)(=O)c1ccc(C)cc1. The first-order valence-electron chi connectivity index (χ1n) is 11.6. The van der Waals surface area contributed by atoms with Crippen LogP contribution >= 0.6 is 0 Å². The van der Waals surface area contributed by atoms with Gasteiger partial charge in [0.2, 0.25) is 11.8 Å². The quantitative estimate of drug-likeness (QED) is 0.397. The van der Waals surface area contributed by atoms with Gasteiger partial charge in [-0.05, 0) is 58.2 Å². The van der Waals surface area contributed by atoms with Crippen LogP contribution in [-0.2, 0) is 10.0 Å². The lowest BCUT2D eigenvalue weighted by atomic mass is 10.2. The smallest absolute Gasteiger partial charge is 0.269 e. The van der Waals surface area contributed by atoms with Crippen molar-refractivity contribution in [2.75, 3.05) is 11.9 Å². The van der Waals surface area contributed by atoms with Crippen molar-refractivity contribution in [1.29, 1.82) is 0 Å². The van der Waals surface area contributed by atoms with E-state index >= 15 is 0 Å². The first kappa shape index (κ1) is 23.3. The predicted octanol–water partition coefficient (Wildman–Crippen LogP) is 3.71. The summed E-state index contributed by atoms with van der Waals surface area (Å²) in [5.74, 6) is 0.476. The number of aromatic nitrogens is 5. The fraction of sp³-hybridized carbons (Fsp3) is 0.375. The lowest BCUT2D eigenvalue weighted by molar-refractivity contribution is 0.129. The summed E-state index contributed by atoms with van der Waals surface area (Å²) < 4.78 is 35.5. The van der Waals surface area contributed by atoms with Gasteiger partial charge in [0.25, 0.3) is 10.0 Å². The van der Waals surface area contributed by atoms with Gasteiger partial charge in [-0.25, -0.2) is 12.4 Å². The summed E-state index contributed by atoms with van der Waals surface area (Å²) in [5, 5.41) is 18.4. The zero-order valence-electron chi connectivity index (χ0n) is 19.8. The van der Waals surface area contributed by atoms with Crippen molar-refractivity contribution in [2.45, 2.75) is 57.1 Å². The van der Waals surface area contributed by atoms with E-state index in [2.05, 4.69) is 20.4 Å². The lowest BCUT2D eigenvalue weighted by Gasteiger charge is -2.17. The largest absolute Gasteiger partial charge is 0.477 e. The molecular formula is C24H28N6O4S. The molecule has 0 bridgehead atoms. The Morgan fingerprint density at radius 1 is 1.14 bits per heavy atom. The molecule has 0 spiro atoms.